The van der Waals surface area contributed by atoms with Crippen molar-refractivity contribution in [3.8, 4) is 0 Å². The second kappa shape index (κ2) is 5.78. The van der Waals surface area contributed by atoms with E-state index in [0.717, 1.165) is 17.8 Å². The molecule has 0 aliphatic rings. The summed E-state index contributed by atoms with van der Waals surface area (Å²) in [7, 11) is 0. The van der Waals surface area contributed by atoms with Crippen LogP contribution < -0.4 is 11.1 Å². The molecule has 4 N–H and O–H groups in total. The molecule has 0 heterocycles. The van der Waals surface area contributed by atoms with Crippen molar-refractivity contribution in [2.75, 3.05) is 18.1 Å². The van der Waals surface area contributed by atoms with Crippen LogP contribution in [0.3, 0.4) is 0 Å². The summed E-state index contributed by atoms with van der Waals surface area (Å²) in [6.07, 6.45) is 3.39. The highest BCUT2D eigenvalue weighted by atomic mass is 32.2. The van der Waals surface area contributed by atoms with Crippen LogP contribution in [0, 0.1) is 5.41 Å². The van der Waals surface area contributed by atoms with Crippen molar-refractivity contribution in [3.63, 3.8) is 0 Å². The topological polar surface area (TPSA) is 61.9 Å². The maximum atomic E-state index is 7.29. The maximum Gasteiger partial charge on any atom is 0.0440 e. The minimum Gasteiger partial charge on any atom is -0.383 e. The lowest BCUT2D eigenvalue weighted by Gasteiger charge is -2.12. The summed E-state index contributed by atoms with van der Waals surface area (Å²) in [6, 6.07) is 6.12. The Hall–Kier alpha value is -1.00. The van der Waals surface area contributed by atoms with Crippen molar-refractivity contribution < 1.29 is 0 Å². The summed E-state index contributed by atoms with van der Waals surface area (Å²) in [4.78, 5) is 1.19. The average molecular weight is 223 g/mol. The van der Waals surface area contributed by atoms with E-state index < -0.39 is 0 Å². The van der Waals surface area contributed by atoms with Gasteiger partial charge in [0.15, 0.2) is 0 Å². The van der Waals surface area contributed by atoms with E-state index in [0.29, 0.717) is 0 Å². The van der Waals surface area contributed by atoms with E-state index in [4.69, 9.17) is 11.1 Å². The number of anilines is 1. The third-order valence-corrected chi connectivity index (χ3v) is 2.76. The van der Waals surface area contributed by atoms with E-state index >= 15 is 0 Å². The summed E-state index contributed by atoms with van der Waals surface area (Å²) in [5, 5.41) is 10.5. The Morgan fingerprint density at radius 1 is 1.60 bits per heavy atom. The van der Waals surface area contributed by atoms with Crippen molar-refractivity contribution in [2.24, 2.45) is 5.73 Å². The van der Waals surface area contributed by atoms with Gasteiger partial charge in [-0.25, -0.2) is 0 Å². The van der Waals surface area contributed by atoms with Gasteiger partial charge in [-0.3, -0.25) is 0 Å². The predicted octanol–water partition coefficient (Wildman–Crippen LogP) is 2.17. The Morgan fingerprint density at radius 3 is 2.87 bits per heavy atom. The van der Waals surface area contributed by atoms with Gasteiger partial charge in [-0.2, -0.15) is 0 Å². The van der Waals surface area contributed by atoms with Crippen LogP contribution in [0.2, 0.25) is 0 Å². The number of hydrogen-bond acceptors (Lipinski definition) is 4. The van der Waals surface area contributed by atoms with E-state index in [1.54, 1.807) is 11.8 Å². The molecule has 0 aromatic heterocycles. The standard InChI is InChI=1S/C11H17N3S/c1-8(13)7-14-11-5-10(15-2)4-3-9(11)6-12/h3-6,8,12,14H,7,13H2,1-2H3/t8-/m0/s1. The van der Waals surface area contributed by atoms with Crippen LogP contribution in [0.5, 0.6) is 0 Å². The molecule has 82 valence electrons. The van der Waals surface area contributed by atoms with Crippen LogP contribution >= 0.6 is 11.8 Å². The molecule has 0 fully saturated rings. The molecule has 0 bridgehead atoms. The van der Waals surface area contributed by atoms with Gasteiger partial charge < -0.3 is 16.5 Å². The lowest BCUT2D eigenvalue weighted by atomic mass is 10.2. The first-order valence-electron chi connectivity index (χ1n) is 4.85. The van der Waals surface area contributed by atoms with E-state index in [2.05, 4.69) is 5.32 Å². The molecule has 3 nitrogen and oxygen atoms in total. The lowest BCUT2D eigenvalue weighted by molar-refractivity contribution is 0.780. The predicted molar refractivity (Wildman–Crippen MR) is 68.2 cm³/mol. The highest BCUT2D eigenvalue weighted by molar-refractivity contribution is 7.98. The Bertz CT molecular complexity index is 337. The molecule has 1 aromatic rings. The van der Waals surface area contributed by atoms with Gasteiger partial charge in [-0.15, -0.1) is 11.8 Å². The van der Waals surface area contributed by atoms with Gasteiger partial charge in [0.2, 0.25) is 0 Å². The van der Waals surface area contributed by atoms with E-state index in [1.165, 1.54) is 11.1 Å². The largest absolute Gasteiger partial charge is 0.383 e. The molecule has 1 atom stereocenters. The molecule has 1 aromatic carbocycles. The fourth-order valence-electron chi connectivity index (χ4n) is 1.21. The van der Waals surface area contributed by atoms with E-state index in [9.17, 15) is 0 Å². The van der Waals surface area contributed by atoms with Crippen molar-refractivity contribution >= 4 is 23.7 Å². The number of nitrogens with one attached hydrogen (secondary N) is 2. The number of benzene rings is 1. The van der Waals surface area contributed by atoms with Crippen molar-refractivity contribution in [3.05, 3.63) is 23.8 Å². The molecular weight excluding hydrogens is 206 g/mol. The first kappa shape index (κ1) is 12.1. The first-order chi connectivity index (χ1) is 7.17. The summed E-state index contributed by atoms with van der Waals surface area (Å²) >= 11 is 1.69. The molecule has 0 saturated heterocycles. The monoisotopic (exact) mass is 223 g/mol. The summed E-state index contributed by atoms with van der Waals surface area (Å²) in [5.41, 5.74) is 7.55. The zero-order chi connectivity index (χ0) is 11.3. The molecule has 0 aliphatic carbocycles. The second-order valence-corrected chi connectivity index (χ2v) is 4.34. The Morgan fingerprint density at radius 2 is 2.33 bits per heavy atom. The van der Waals surface area contributed by atoms with Gasteiger partial charge in [-0.1, -0.05) is 6.07 Å². The Labute approximate surface area is 95.0 Å². The number of hydrogen-bond donors (Lipinski definition) is 3. The lowest BCUT2D eigenvalue weighted by Crippen LogP contribution is -2.25. The number of nitrogens with two attached hydrogens (primary N) is 1. The van der Waals surface area contributed by atoms with Gasteiger partial charge in [0, 0.05) is 34.9 Å². The molecule has 15 heavy (non-hydrogen) atoms. The smallest absolute Gasteiger partial charge is 0.0440 e. The van der Waals surface area contributed by atoms with Gasteiger partial charge in [0.05, 0.1) is 0 Å². The molecule has 0 saturated carbocycles. The Balaban J connectivity index is 2.86. The van der Waals surface area contributed by atoms with E-state index in [1.807, 2.05) is 31.4 Å². The zero-order valence-electron chi connectivity index (χ0n) is 9.08. The van der Waals surface area contributed by atoms with Gasteiger partial charge >= 0.3 is 0 Å². The quantitative estimate of drug-likeness (QED) is 0.529. The molecule has 0 aliphatic heterocycles. The maximum absolute atomic E-state index is 7.29. The van der Waals surface area contributed by atoms with Gasteiger partial charge in [0.25, 0.3) is 0 Å². The van der Waals surface area contributed by atoms with Gasteiger partial charge in [0.1, 0.15) is 0 Å². The summed E-state index contributed by atoms with van der Waals surface area (Å²) in [5.74, 6) is 0. The highest BCUT2D eigenvalue weighted by Crippen LogP contribution is 2.22. The van der Waals surface area contributed by atoms with Crippen LogP contribution in [0.25, 0.3) is 0 Å². The minimum atomic E-state index is 0.113. The molecule has 0 radical (unpaired) electrons. The third-order valence-electron chi connectivity index (χ3n) is 2.03. The minimum absolute atomic E-state index is 0.113. The normalized spacial score (nSPS) is 12.2. The molecule has 0 amide bonds. The molecular formula is C11H17N3S. The van der Waals surface area contributed by atoms with Crippen LogP contribution in [-0.4, -0.2) is 25.1 Å². The SMILES string of the molecule is CSc1ccc(C=N)c(NC[C@H](C)N)c1. The van der Waals surface area contributed by atoms with Crippen LogP contribution in [0.1, 0.15) is 12.5 Å². The fraction of sp³-hybridized carbons (Fsp3) is 0.364. The summed E-state index contributed by atoms with van der Waals surface area (Å²) in [6.45, 7) is 2.67. The molecule has 0 spiro atoms. The first-order valence-corrected chi connectivity index (χ1v) is 6.07. The molecule has 0 unspecified atom stereocenters. The highest BCUT2D eigenvalue weighted by Gasteiger charge is 2.02. The average Bonchev–Trinajstić information content (AvgIpc) is 2.25. The van der Waals surface area contributed by atoms with Crippen LogP contribution in [0.15, 0.2) is 23.1 Å². The van der Waals surface area contributed by atoms with Crippen LogP contribution in [-0.2, 0) is 0 Å². The van der Waals surface area contributed by atoms with Gasteiger partial charge in [-0.05, 0) is 25.3 Å². The van der Waals surface area contributed by atoms with Crippen molar-refractivity contribution in [1.82, 2.24) is 0 Å². The number of thioether (sulfide) groups is 1. The molecule has 4 heteroatoms. The third kappa shape index (κ3) is 3.57. The van der Waals surface area contributed by atoms with Crippen LogP contribution in [0.4, 0.5) is 5.69 Å². The Kier molecular flexibility index (Phi) is 4.65. The van der Waals surface area contributed by atoms with Crippen molar-refractivity contribution in [2.45, 2.75) is 17.9 Å². The summed E-state index contributed by atoms with van der Waals surface area (Å²) < 4.78 is 0. The van der Waals surface area contributed by atoms with Crippen molar-refractivity contribution in [1.29, 1.82) is 5.41 Å². The number of rotatable bonds is 5. The second-order valence-electron chi connectivity index (χ2n) is 3.46. The zero-order valence-corrected chi connectivity index (χ0v) is 9.90. The van der Waals surface area contributed by atoms with E-state index in [-0.39, 0.29) is 6.04 Å². The molecule has 1 rings (SSSR count). The fourth-order valence-corrected chi connectivity index (χ4v) is 1.65.